The number of hydrogen-bond acceptors (Lipinski definition) is 3. The third-order valence-electron chi connectivity index (χ3n) is 2.94. The summed E-state index contributed by atoms with van der Waals surface area (Å²) >= 11 is 0. The largest absolute Gasteiger partial charge is 0.349 e. The van der Waals surface area contributed by atoms with Crippen molar-refractivity contribution in [3.05, 3.63) is 0 Å². The molecule has 0 aliphatic rings. The van der Waals surface area contributed by atoms with E-state index < -0.39 is 0 Å². The summed E-state index contributed by atoms with van der Waals surface area (Å²) in [5, 5.41) is 0. The van der Waals surface area contributed by atoms with E-state index in [0.29, 0.717) is 13.0 Å². The lowest BCUT2D eigenvalue weighted by Crippen LogP contribution is -2.50. The molecule has 0 heterocycles. The average Bonchev–Trinajstić information content (AvgIpc) is 2.23. The zero-order chi connectivity index (χ0) is 12.8. The summed E-state index contributed by atoms with van der Waals surface area (Å²) in [5.41, 5.74) is 5.74. The highest BCUT2D eigenvalue weighted by atomic mass is 16.2. The van der Waals surface area contributed by atoms with Gasteiger partial charge in [0.25, 0.3) is 0 Å². The van der Waals surface area contributed by atoms with Crippen LogP contribution in [0.1, 0.15) is 33.6 Å². The highest BCUT2D eigenvalue weighted by Gasteiger charge is 2.24. The van der Waals surface area contributed by atoms with Crippen LogP contribution in [-0.2, 0) is 4.79 Å². The Hall–Kier alpha value is -0.610. The quantitative estimate of drug-likeness (QED) is 0.706. The Morgan fingerprint density at radius 1 is 1.25 bits per heavy atom. The van der Waals surface area contributed by atoms with Crippen molar-refractivity contribution in [2.75, 3.05) is 33.7 Å². The van der Waals surface area contributed by atoms with E-state index >= 15 is 0 Å². The van der Waals surface area contributed by atoms with Crippen LogP contribution < -0.4 is 5.73 Å². The van der Waals surface area contributed by atoms with Crippen molar-refractivity contribution in [3.8, 4) is 0 Å². The van der Waals surface area contributed by atoms with E-state index in [-0.39, 0.29) is 11.4 Å². The summed E-state index contributed by atoms with van der Waals surface area (Å²) < 4.78 is 0. The molecule has 16 heavy (non-hydrogen) atoms. The van der Waals surface area contributed by atoms with Crippen LogP contribution >= 0.6 is 0 Å². The number of carbonyl (C=O) groups excluding carboxylic acids is 1. The third kappa shape index (κ3) is 4.94. The lowest BCUT2D eigenvalue weighted by atomic mass is 10.0. The van der Waals surface area contributed by atoms with Gasteiger partial charge in [0.05, 0.1) is 0 Å². The molecule has 1 amide bonds. The molecule has 0 aromatic heterocycles. The Kier molecular flexibility index (Phi) is 6.60. The first-order chi connectivity index (χ1) is 7.35. The summed E-state index contributed by atoms with van der Waals surface area (Å²) in [5.74, 6) is 0.175. The summed E-state index contributed by atoms with van der Waals surface area (Å²) in [6.07, 6.45) is 1.65. The van der Waals surface area contributed by atoms with Gasteiger partial charge in [0, 0.05) is 39.1 Å². The van der Waals surface area contributed by atoms with Gasteiger partial charge in [-0.25, -0.2) is 0 Å². The van der Waals surface area contributed by atoms with Crippen LogP contribution in [0.2, 0.25) is 0 Å². The molecule has 2 N–H and O–H groups in total. The summed E-state index contributed by atoms with van der Waals surface area (Å²) in [4.78, 5) is 15.5. The first-order valence-electron chi connectivity index (χ1n) is 6.00. The van der Waals surface area contributed by atoms with Gasteiger partial charge in [-0.1, -0.05) is 6.92 Å². The SMILES string of the molecule is CCCN(CCC(=O)N(C)C)C(C)(C)CN. The van der Waals surface area contributed by atoms with Crippen molar-refractivity contribution in [1.82, 2.24) is 9.80 Å². The summed E-state index contributed by atoms with van der Waals surface area (Å²) in [7, 11) is 3.58. The van der Waals surface area contributed by atoms with Crippen LogP contribution in [0.4, 0.5) is 0 Å². The van der Waals surface area contributed by atoms with Crippen molar-refractivity contribution in [2.24, 2.45) is 5.73 Å². The van der Waals surface area contributed by atoms with Crippen molar-refractivity contribution in [2.45, 2.75) is 39.2 Å². The maximum Gasteiger partial charge on any atom is 0.223 e. The molecule has 0 saturated carbocycles. The van der Waals surface area contributed by atoms with E-state index in [1.165, 1.54) is 0 Å². The maximum atomic E-state index is 11.5. The lowest BCUT2D eigenvalue weighted by molar-refractivity contribution is -0.129. The number of nitrogens with zero attached hydrogens (tertiary/aromatic N) is 2. The molecule has 4 heteroatoms. The van der Waals surface area contributed by atoms with Crippen molar-refractivity contribution >= 4 is 5.91 Å². The van der Waals surface area contributed by atoms with E-state index in [4.69, 9.17) is 5.73 Å². The molecule has 0 spiro atoms. The number of rotatable bonds is 7. The Labute approximate surface area is 99.8 Å². The van der Waals surface area contributed by atoms with Crippen LogP contribution in [0.25, 0.3) is 0 Å². The predicted octanol–water partition coefficient (Wildman–Crippen LogP) is 0.914. The van der Waals surface area contributed by atoms with Crippen molar-refractivity contribution in [3.63, 3.8) is 0 Å². The topological polar surface area (TPSA) is 49.6 Å². The second-order valence-corrected chi connectivity index (χ2v) is 5.04. The molecular formula is C12H27N3O. The molecule has 0 aromatic carbocycles. The number of hydrogen-bond donors (Lipinski definition) is 1. The number of carbonyl (C=O) groups is 1. The van der Waals surface area contributed by atoms with Gasteiger partial charge in [-0.05, 0) is 26.8 Å². The van der Waals surface area contributed by atoms with E-state index in [2.05, 4.69) is 25.7 Å². The monoisotopic (exact) mass is 229 g/mol. The van der Waals surface area contributed by atoms with E-state index in [1.807, 2.05) is 0 Å². The smallest absolute Gasteiger partial charge is 0.223 e. The van der Waals surface area contributed by atoms with Gasteiger partial charge < -0.3 is 10.6 Å². The molecule has 0 unspecified atom stereocenters. The second kappa shape index (κ2) is 6.86. The Bertz CT molecular complexity index is 214. The van der Waals surface area contributed by atoms with Gasteiger partial charge in [0.1, 0.15) is 0 Å². The predicted molar refractivity (Wildman–Crippen MR) is 68.3 cm³/mol. The minimum Gasteiger partial charge on any atom is -0.349 e. The number of amides is 1. The van der Waals surface area contributed by atoms with Gasteiger partial charge in [-0.15, -0.1) is 0 Å². The first-order valence-corrected chi connectivity index (χ1v) is 6.00. The Morgan fingerprint density at radius 2 is 1.81 bits per heavy atom. The molecule has 0 saturated heterocycles. The van der Waals surface area contributed by atoms with E-state index in [0.717, 1.165) is 19.5 Å². The van der Waals surface area contributed by atoms with Crippen LogP contribution in [0.5, 0.6) is 0 Å². The molecule has 0 aromatic rings. The van der Waals surface area contributed by atoms with Gasteiger partial charge in [-0.2, -0.15) is 0 Å². The zero-order valence-electron chi connectivity index (χ0n) is 11.4. The van der Waals surface area contributed by atoms with Crippen LogP contribution in [0.15, 0.2) is 0 Å². The van der Waals surface area contributed by atoms with Crippen molar-refractivity contribution in [1.29, 1.82) is 0 Å². The lowest BCUT2D eigenvalue weighted by Gasteiger charge is -2.37. The molecule has 4 nitrogen and oxygen atoms in total. The molecular weight excluding hydrogens is 202 g/mol. The molecule has 0 radical (unpaired) electrons. The zero-order valence-corrected chi connectivity index (χ0v) is 11.4. The highest BCUT2D eigenvalue weighted by Crippen LogP contribution is 2.13. The highest BCUT2D eigenvalue weighted by molar-refractivity contribution is 5.75. The fraction of sp³-hybridized carbons (Fsp3) is 0.917. The summed E-state index contributed by atoms with van der Waals surface area (Å²) in [6, 6.07) is 0. The average molecular weight is 229 g/mol. The second-order valence-electron chi connectivity index (χ2n) is 5.04. The van der Waals surface area contributed by atoms with Gasteiger partial charge in [-0.3, -0.25) is 9.69 Å². The summed E-state index contributed by atoms with van der Waals surface area (Å²) in [6.45, 7) is 8.79. The molecule has 0 fully saturated rings. The van der Waals surface area contributed by atoms with E-state index in [1.54, 1.807) is 19.0 Å². The molecule has 0 rings (SSSR count). The molecule has 96 valence electrons. The van der Waals surface area contributed by atoms with E-state index in [9.17, 15) is 4.79 Å². The van der Waals surface area contributed by atoms with Gasteiger partial charge in [0.2, 0.25) is 5.91 Å². The standard InChI is InChI=1S/C12H27N3O/c1-6-8-15(12(2,3)10-13)9-7-11(16)14(4)5/h6-10,13H2,1-5H3. The van der Waals surface area contributed by atoms with Gasteiger partial charge >= 0.3 is 0 Å². The Balaban J connectivity index is 4.29. The molecule has 0 aliphatic carbocycles. The third-order valence-corrected chi connectivity index (χ3v) is 2.94. The fourth-order valence-electron chi connectivity index (χ4n) is 1.57. The van der Waals surface area contributed by atoms with Crippen molar-refractivity contribution < 1.29 is 4.79 Å². The number of nitrogens with two attached hydrogens (primary N) is 1. The first kappa shape index (κ1) is 15.4. The van der Waals surface area contributed by atoms with Crippen LogP contribution in [0.3, 0.4) is 0 Å². The van der Waals surface area contributed by atoms with Gasteiger partial charge in [0.15, 0.2) is 0 Å². The maximum absolute atomic E-state index is 11.5. The Morgan fingerprint density at radius 3 is 2.19 bits per heavy atom. The van der Waals surface area contributed by atoms with Crippen LogP contribution in [-0.4, -0.2) is 55.0 Å². The molecule has 0 atom stereocenters. The normalized spacial score (nSPS) is 11.9. The minimum atomic E-state index is -0.0252. The fourth-order valence-corrected chi connectivity index (χ4v) is 1.57. The van der Waals surface area contributed by atoms with Crippen LogP contribution in [0, 0.1) is 0 Å². The molecule has 0 aliphatic heterocycles. The molecule has 0 bridgehead atoms. The minimum absolute atomic E-state index is 0.0252.